The second kappa shape index (κ2) is 3.63. The molecule has 1 heteroatoms. The second-order valence-electron chi connectivity index (χ2n) is 4.90. The molecule has 1 aliphatic heterocycles. The van der Waals surface area contributed by atoms with Gasteiger partial charge in [-0.15, -0.1) is 0 Å². The van der Waals surface area contributed by atoms with Crippen LogP contribution in [-0.4, -0.2) is 6.04 Å². The van der Waals surface area contributed by atoms with Crippen LogP contribution < -0.4 is 4.90 Å². The van der Waals surface area contributed by atoms with Crippen molar-refractivity contribution in [2.24, 2.45) is 0 Å². The van der Waals surface area contributed by atoms with E-state index in [1.165, 1.54) is 28.1 Å². The molecule has 1 aromatic carbocycles. The first-order valence-electron chi connectivity index (χ1n) is 6.10. The zero-order chi connectivity index (χ0) is 12.0. The summed E-state index contributed by atoms with van der Waals surface area (Å²) >= 11 is 0. The number of fused-ring (bicyclic) bond motifs is 1. The predicted molar refractivity (Wildman–Crippen MR) is 72.9 cm³/mol. The van der Waals surface area contributed by atoms with Gasteiger partial charge in [0, 0.05) is 11.4 Å². The van der Waals surface area contributed by atoms with E-state index in [4.69, 9.17) is 0 Å². The van der Waals surface area contributed by atoms with E-state index in [9.17, 15) is 0 Å². The SMILES string of the molecule is CC1=CC2=CC(C)=C(C)C2N1c1ccccc1. The minimum absolute atomic E-state index is 0.428. The van der Waals surface area contributed by atoms with Crippen LogP contribution in [0.2, 0.25) is 0 Å². The largest absolute Gasteiger partial charge is 0.334 e. The van der Waals surface area contributed by atoms with E-state index in [0.29, 0.717) is 6.04 Å². The Labute approximate surface area is 103 Å². The van der Waals surface area contributed by atoms with E-state index < -0.39 is 0 Å². The third-order valence-electron chi connectivity index (χ3n) is 3.78. The van der Waals surface area contributed by atoms with Crippen LogP contribution in [0.1, 0.15) is 20.8 Å². The molecular formula is C16H17N. The molecule has 1 nitrogen and oxygen atoms in total. The van der Waals surface area contributed by atoms with Gasteiger partial charge in [0.1, 0.15) is 0 Å². The van der Waals surface area contributed by atoms with Crippen LogP contribution in [0.15, 0.2) is 64.9 Å². The summed E-state index contributed by atoms with van der Waals surface area (Å²) in [6.07, 6.45) is 4.62. The van der Waals surface area contributed by atoms with E-state index in [1.54, 1.807) is 0 Å². The van der Waals surface area contributed by atoms with Crippen molar-refractivity contribution in [3.05, 3.63) is 64.9 Å². The van der Waals surface area contributed by atoms with Crippen molar-refractivity contribution in [2.75, 3.05) is 4.90 Å². The third kappa shape index (κ3) is 1.46. The lowest BCUT2D eigenvalue weighted by Gasteiger charge is -2.29. The van der Waals surface area contributed by atoms with Crippen LogP contribution in [0.5, 0.6) is 0 Å². The second-order valence-corrected chi connectivity index (χ2v) is 4.90. The van der Waals surface area contributed by atoms with Crippen LogP contribution in [0.4, 0.5) is 5.69 Å². The number of hydrogen-bond donors (Lipinski definition) is 0. The summed E-state index contributed by atoms with van der Waals surface area (Å²) in [5.41, 5.74) is 6.93. The van der Waals surface area contributed by atoms with E-state index in [1.807, 2.05) is 0 Å². The Morgan fingerprint density at radius 2 is 1.65 bits per heavy atom. The molecule has 0 radical (unpaired) electrons. The number of hydrogen-bond acceptors (Lipinski definition) is 1. The van der Waals surface area contributed by atoms with Crippen LogP contribution in [0.25, 0.3) is 0 Å². The van der Waals surface area contributed by atoms with Gasteiger partial charge in [-0.05, 0) is 55.7 Å². The molecule has 0 spiro atoms. The maximum absolute atomic E-state index is 2.43. The maximum Gasteiger partial charge on any atom is 0.0805 e. The summed E-state index contributed by atoms with van der Waals surface area (Å²) < 4.78 is 0. The number of para-hydroxylation sites is 1. The summed E-state index contributed by atoms with van der Waals surface area (Å²) in [7, 11) is 0. The highest BCUT2D eigenvalue weighted by molar-refractivity contribution is 5.67. The molecule has 17 heavy (non-hydrogen) atoms. The van der Waals surface area contributed by atoms with Crippen molar-refractivity contribution in [3.8, 4) is 0 Å². The fourth-order valence-corrected chi connectivity index (χ4v) is 2.83. The average molecular weight is 223 g/mol. The lowest BCUT2D eigenvalue weighted by Crippen LogP contribution is -2.30. The summed E-state index contributed by atoms with van der Waals surface area (Å²) in [6.45, 7) is 6.63. The van der Waals surface area contributed by atoms with Crippen molar-refractivity contribution in [1.82, 2.24) is 0 Å². The smallest absolute Gasteiger partial charge is 0.0805 e. The number of allylic oxidation sites excluding steroid dienone is 3. The van der Waals surface area contributed by atoms with Crippen molar-refractivity contribution in [3.63, 3.8) is 0 Å². The molecule has 86 valence electrons. The standard InChI is InChI=1S/C16H17N/c1-11-9-14-10-12(2)17(16(14)13(11)3)15-7-5-4-6-8-15/h4-10,16H,1-3H3. The lowest BCUT2D eigenvalue weighted by atomic mass is 10.1. The number of rotatable bonds is 1. The molecule has 1 aliphatic carbocycles. The maximum atomic E-state index is 2.43. The molecule has 1 aromatic rings. The van der Waals surface area contributed by atoms with Gasteiger partial charge < -0.3 is 4.90 Å². The molecule has 0 N–H and O–H groups in total. The fourth-order valence-electron chi connectivity index (χ4n) is 2.83. The van der Waals surface area contributed by atoms with Crippen LogP contribution in [0.3, 0.4) is 0 Å². The Kier molecular flexibility index (Phi) is 2.22. The monoisotopic (exact) mass is 223 g/mol. The highest BCUT2D eigenvalue weighted by Crippen LogP contribution is 2.40. The topological polar surface area (TPSA) is 3.24 Å². The number of benzene rings is 1. The minimum atomic E-state index is 0.428. The average Bonchev–Trinajstić information content (AvgIpc) is 2.77. The van der Waals surface area contributed by atoms with Crippen LogP contribution >= 0.6 is 0 Å². The summed E-state index contributed by atoms with van der Waals surface area (Å²) in [4.78, 5) is 2.43. The van der Waals surface area contributed by atoms with Crippen molar-refractivity contribution < 1.29 is 0 Å². The summed E-state index contributed by atoms with van der Waals surface area (Å²) in [5, 5.41) is 0. The number of anilines is 1. The van der Waals surface area contributed by atoms with Gasteiger partial charge in [0.05, 0.1) is 6.04 Å². The van der Waals surface area contributed by atoms with E-state index in [0.717, 1.165) is 0 Å². The first-order valence-corrected chi connectivity index (χ1v) is 6.10. The van der Waals surface area contributed by atoms with Crippen molar-refractivity contribution in [1.29, 1.82) is 0 Å². The zero-order valence-electron chi connectivity index (χ0n) is 10.6. The Hall–Kier alpha value is -1.76. The minimum Gasteiger partial charge on any atom is -0.334 e. The zero-order valence-corrected chi connectivity index (χ0v) is 10.6. The van der Waals surface area contributed by atoms with Crippen molar-refractivity contribution in [2.45, 2.75) is 26.8 Å². The van der Waals surface area contributed by atoms with E-state index in [2.05, 4.69) is 68.2 Å². The highest BCUT2D eigenvalue weighted by atomic mass is 15.2. The molecule has 0 saturated carbocycles. The summed E-state index contributed by atoms with van der Waals surface area (Å²) in [5.74, 6) is 0. The molecule has 0 bridgehead atoms. The molecule has 0 aromatic heterocycles. The van der Waals surface area contributed by atoms with Gasteiger partial charge in [-0.25, -0.2) is 0 Å². The molecule has 2 aliphatic rings. The van der Waals surface area contributed by atoms with E-state index in [-0.39, 0.29) is 0 Å². The van der Waals surface area contributed by atoms with Gasteiger partial charge in [-0.1, -0.05) is 24.3 Å². The van der Waals surface area contributed by atoms with Crippen molar-refractivity contribution >= 4 is 5.69 Å². The Morgan fingerprint density at radius 1 is 0.941 bits per heavy atom. The molecule has 0 fully saturated rings. The predicted octanol–water partition coefficient (Wildman–Crippen LogP) is 4.06. The highest BCUT2D eigenvalue weighted by Gasteiger charge is 2.33. The third-order valence-corrected chi connectivity index (χ3v) is 3.78. The molecule has 0 amide bonds. The van der Waals surface area contributed by atoms with Gasteiger partial charge >= 0.3 is 0 Å². The fraction of sp³-hybridized carbons (Fsp3) is 0.250. The first-order chi connectivity index (χ1) is 8.18. The van der Waals surface area contributed by atoms with Gasteiger partial charge in [0.15, 0.2) is 0 Å². The Balaban J connectivity index is 2.08. The van der Waals surface area contributed by atoms with E-state index >= 15 is 0 Å². The van der Waals surface area contributed by atoms with Gasteiger partial charge in [0.25, 0.3) is 0 Å². The first kappa shape index (κ1) is 10.4. The molecule has 1 unspecified atom stereocenters. The van der Waals surface area contributed by atoms with Crippen LogP contribution in [-0.2, 0) is 0 Å². The molecule has 1 atom stereocenters. The summed E-state index contributed by atoms with van der Waals surface area (Å²) in [6, 6.07) is 11.1. The van der Waals surface area contributed by atoms with Crippen LogP contribution in [0, 0.1) is 0 Å². The molecule has 3 rings (SSSR count). The van der Waals surface area contributed by atoms with Gasteiger partial charge in [-0.3, -0.25) is 0 Å². The Bertz CT molecular complexity index is 546. The quantitative estimate of drug-likeness (QED) is 0.694. The molecular weight excluding hydrogens is 206 g/mol. The number of nitrogens with zero attached hydrogens (tertiary/aromatic N) is 1. The Morgan fingerprint density at radius 3 is 2.35 bits per heavy atom. The normalized spacial score (nSPS) is 22.8. The molecule has 1 heterocycles. The van der Waals surface area contributed by atoms with Gasteiger partial charge in [-0.2, -0.15) is 0 Å². The van der Waals surface area contributed by atoms with Gasteiger partial charge in [0.2, 0.25) is 0 Å². The lowest BCUT2D eigenvalue weighted by molar-refractivity contribution is 0.865. The molecule has 0 saturated heterocycles.